The Morgan fingerprint density at radius 2 is 2.39 bits per heavy atom. The van der Waals surface area contributed by atoms with Crippen molar-refractivity contribution in [2.75, 3.05) is 17.3 Å². The molecule has 23 heavy (non-hydrogen) atoms. The summed E-state index contributed by atoms with van der Waals surface area (Å²) in [6.07, 6.45) is 0.968. The predicted octanol–water partition coefficient (Wildman–Crippen LogP) is 0.920. The minimum Gasteiger partial charge on any atom is -0.479 e. The number of H-pyrrole nitrogens is 1. The zero-order valence-corrected chi connectivity index (χ0v) is 12.4. The van der Waals surface area contributed by atoms with Crippen LogP contribution in [0.1, 0.15) is 12.7 Å². The minimum atomic E-state index is -0.505. The number of benzene rings is 1. The van der Waals surface area contributed by atoms with Gasteiger partial charge in [-0.15, -0.1) is 10.2 Å². The molecule has 0 aliphatic carbocycles. The molecule has 2 heterocycles. The fraction of sp³-hybridized carbons (Fsp3) is 0.214. The molecule has 1 atom stereocenters. The van der Waals surface area contributed by atoms with Gasteiger partial charge in [0, 0.05) is 18.9 Å². The molecule has 0 saturated carbocycles. The summed E-state index contributed by atoms with van der Waals surface area (Å²) < 4.78 is 5.56. The number of carbonyl (C=O) groups is 1. The number of allylic oxidation sites excluding steroid dienone is 1. The van der Waals surface area contributed by atoms with E-state index in [1.165, 1.54) is 6.20 Å². The normalized spacial score (nSPS) is 17.3. The van der Waals surface area contributed by atoms with Crippen LogP contribution in [0.3, 0.4) is 0 Å². The summed E-state index contributed by atoms with van der Waals surface area (Å²) in [6, 6.07) is 7.31. The molecule has 1 aromatic heterocycles. The van der Waals surface area contributed by atoms with Crippen LogP contribution in [-0.2, 0) is 4.79 Å². The molecule has 0 spiro atoms. The first-order chi connectivity index (χ1) is 11.1. The lowest BCUT2D eigenvalue weighted by atomic mass is 10.2. The van der Waals surface area contributed by atoms with Gasteiger partial charge in [0.2, 0.25) is 5.82 Å². The highest BCUT2D eigenvalue weighted by molar-refractivity contribution is 5.99. The van der Waals surface area contributed by atoms with Crippen LogP contribution >= 0.6 is 0 Å². The Morgan fingerprint density at radius 3 is 3.09 bits per heavy atom. The van der Waals surface area contributed by atoms with Crippen molar-refractivity contribution in [1.29, 1.82) is 5.26 Å². The fourth-order valence-corrected chi connectivity index (χ4v) is 2.18. The second-order valence-corrected chi connectivity index (χ2v) is 4.89. The monoisotopic (exact) mass is 311 g/mol. The van der Waals surface area contributed by atoms with Gasteiger partial charge in [-0.25, -0.2) is 0 Å². The third kappa shape index (κ3) is 2.69. The van der Waals surface area contributed by atoms with Crippen LogP contribution in [0.4, 0.5) is 11.4 Å². The van der Waals surface area contributed by atoms with E-state index in [2.05, 4.69) is 25.9 Å². The molecule has 1 aliphatic heterocycles. The van der Waals surface area contributed by atoms with Gasteiger partial charge in [0.15, 0.2) is 6.10 Å². The molecule has 1 amide bonds. The smallest absolute Gasteiger partial charge is 0.267 e. The van der Waals surface area contributed by atoms with E-state index in [0.717, 1.165) is 0 Å². The highest BCUT2D eigenvalue weighted by atomic mass is 16.5. The topological polar surface area (TPSA) is 120 Å². The van der Waals surface area contributed by atoms with E-state index in [1.54, 1.807) is 37.1 Å². The number of amides is 1. The number of hydrogen-bond donors (Lipinski definition) is 2. The first-order valence-electron chi connectivity index (χ1n) is 6.79. The van der Waals surface area contributed by atoms with E-state index in [0.29, 0.717) is 17.1 Å². The van der Waals surface area contributed by atoms with Gasteiger partial charge in [0.25, 0.3) is 5.91 Å². The van der Waals surface area contributed by atoms with E-state index in [1.807, 2.05) is 6.07 Å². The molecule has 2 aromatic rings. The van der Waals surface area contributed by atoms with Gasteiger partial charge in [-0.1, -0.05) is 0 Å². The van der Waals surface area contributed by atoms with Crippen molar-refractivity contribution in [2.24, 2.45) is 0 Å². The van der Waals surface area contributed by atoms with Crippen molar-refractivity contribution >= 4 is 22.9 Å². The molecule has 1 unspecified atom stereocenters. The van der Waals surface area contributed by atoms with Crippen molar-refractivity contribution < 1.29 is 9.53 Å². The van der Waals surface area contributed by atoms with Gasteiger partial charge in [-0.2, -0.15) is 10.5 Å². The van der Waals surface area contributed by atoms with E-state index in [4.69, 9.17) is 10.00 Å². The molecule has 9 nitrogen and oxygen atoms in total. The lowest BCUT2D eigenvalue weighted by molar-refractivity contribution is -0.125. The summed E-state index contributed by atoms with van der Waals surface area (Å²) in [6.45, 7) is 1.71. The SMILES string of the molecule is CC1Oc2ccc(NC=C(C#N)c3nn[nH]n3)cc2N(C)C1=O. The third-order valence-electron chi connectivity index (χ3n) is 3.39. The third-order valence-corrected chi connectivity index (χ3v) is 3.39. The van der Waals surface area contributed by atoms with Gasteiger partial charge in [0.1, 0.15) is 17.4 Å². The van der Waals surface area contributed by atoms with Crippen LogP contribution in [0.25, 0.3) is 5.57 Å². The Kier molecular flexibility index (Phi) is 3.64. The van der Waals surface area contributed by atoms with Crippen molar-refractivity contribution in [2.45, 2.75) is 13.0 Å². The maximum Gasteiger partial charge on any atom is 0.267 e. The molecular formula is C14H13N7O2. The number of hydrogen-bond acceptors (Lipinski definition) is 7. The number of aromatic nitrogens is 4. The fourth-order valence-electron chi connectivity index (χ4n) is 2.18. The number of nitriles is 1. The summed E-state index contributed by atoms with van der Waals surface area (Å²) in [4.78, 5) is 13.5. The minimum absolute atomic E-state index is 0.116. The van der Waals surface area contributed by atoms with E-state index in [-0.39, 0.29) is 17.3 Å². The number of carbonyl (C=O) groups excluding carboxylic acids is 1. The Bertz CT molecular complexity index is 807. The first-order valence-corrected chi connectivity index (χ1v) is 6.79. The first kappa shape index (κ1) is 14.5. The second-order valence-electron chi connectivity index (χ2n) is 4.89. The largest absolute Gasteiger partial charge is 0.479 e. The summed E-state index contributed by atoms with van der Waals surface area (Å²) in [5, 5.41) is 25.3. The Labute approximate surface area is 131 Å². The van der Waals surface area contributed by atoms with Crippen LogP contribution in [0.5, 0.6) is 5.75 Å². The van der Waals surface area contributed by atoms with Gasteiger partial charge < -0.3 is 15.0 Å². The summed E-state index contributed by atoms with van der Waals surface area (Å²) in [5.74, 6) is 0.713. The van der Waals surface area contributed by atoms with Crippen LogP contribution in [0.2, 0.25) is 0 Å². The van der Waals surface area contributed by atoms with Gasteiger partial charge in [-0.05, 0) is 30.3 Å². The highest BCUT2D eigenvalue weighted by Gasteiger charge is 2.28. The lowest BCUT2D eigenvalue weighted by Gasteiger charge is -2.30. The van der Waals surface area contributed by atoms with Crippen LogP contribution in [-0.4, -0.2) is 39.7 Å². The van der Waals surface area contributed by atoms with Crippen molar-refractivity contribution in [1.82, 2.24) is 20.6 Å². The lowest BCUT2D eigenvalue weighted by Crippen LogP contribution is -2.41. The summed E-state index contributed by atoms with van der Waals surface area (Å²) >= 11 is 0. The Balaban J connectivity index is 1.86. The quantitative estimate of drug-likeness (QED) is 0.809. The van der Waals surface area contributed by atoms with Crippen LogP contribution < -0.4 is 15.0 Å². The number of ether oxygens (including phenoxy) is 1. The van der Waals surface area contributed by atoms with Crippen molar-refractivity contribution in [3.05, 3.63) is 30.2 Å². The van der Waals surface area contributed by atoms with Gasteiger partial charge in [0.05, 0.1) is 5.69 Å². The maximum atomic E-state index is 12.0. The Hall–Kier alpha value is -3.41. The maximum absolute atomic E-state index is 12.0. The molecular weight excluding hydrogens is 298 g/mol. The van der Waals surface area contributed by atoms with Gasteiger partial charge in [-0.3, -0.25) is 4.79 Å². The molecule has 3 rings (SSSR count). The van der Waals surface area contributed by atoms with Crippen molar-refractivity contribution in [3.63, 3.8) is 0 Å². The van der Waals surface area contributed by atoms with Crippen LogP contribution in [0, 0.1) is 11.3 Å². The van der Waals surface area contributed by atoms with Gasteiger partial charge >= 0.3 is 0 Å². The standard InChI is InChI=1S/C14H13N7O2/c1-8-14(22)21(2)11-5-10(3-4-12(11)23-8)16-7-9(6-15)13-17-19-20-18-13/h3-5,7-8,16H,1-2H3,(H,17,18,19,20). The second kappa shape index (κ2) is 5.76. The Morgan fingerprint density at radius 1 is 1.57 bits per heavy atom. The number of aromatic amines is 1. The molecule has 116 valence electrons. The molecule has 0 bridgehead atoms. The molecule has 1 aliphatic rings. The van der Waals surface area contributed by atoms with E-state index >= 15 is 0 Å². The zero-order valence-electron chi connectivity index (χ0n) is 12.4. The average molecular weight is 311 g/mol. The van der Waals surface area contributed by atoms with Crippen LogP contribution in [0.15, 0.2) is 24.4 Å². The number of nitrogens with one attached hydrogen (secondary N) is 2. The molecule has 2 N–H and O–H groups in total. The number of fused-ring (bicyclic) bond motifs is 1. The zero-order chi connectivity index (χ0) is 16.4. The summed E-state index contributed by atoms with van der Waals surface area (Å²) in [5.41, 5.74) is 1.58. The molecule has 9 heteroatoms. The van der Waals surface area contributed by atoms with E-state index < -0.39 is 6.10 Å². The molecule has 0 radical (unpaired) electrons. The number of nitrogens with zero attached hydrogens (tertiary/aromatic N) is 5. The molecule has 1 aromatic carbocycles. The molecule has 0 fully saturated rings. The highest BCUT2D eigenvalue weighted by Crippen LogP contribution is 2.35. The van der Waals surface area contributed by atoms with Crippen molar-refractivity contribution in [3.8, 4) is 11.8 Å². The predicted molar refractivity (Wildman–Crippen MR) is 81.3 cm³/mol. The number of likely N-dealkylation sites (N-methyl/N-ethyl adjacent to an activating group) is 1. The molecule has 0 saturated heterocycles. The van der Waals surface area contributed by atoms with E-state index in [9.17, 15) is 4.79 Å². The number of rotatable bonds is 3. The number of anilines is 2. The average Bonchev–Trinajstić information content (AvgIpc) is 3.08. The number of tetrazole rings is 1. The summed E-state index contributed by atoms with van der Waals surface area (Å²) in [7, 11) is 1.69.